The molecule has 0 amide bonds. The van der Waals surface area contributed by atoms with Gasteiger partial charge in [-0.2, -0.15) is 0 Å². The number of nitrogens with one attached hydrogen (secondary N) is 1. The first-order chi connectivity index (χ1) is 7.61. The summed E-state index contributed by atoms with van der Waals surface area (Å²) in [5, 5.41) is 3.63. The van der Waals surface area contributed by atoms with Crippen LogP contribution in [0.3, 0.4) is 0 Å². The molecule has 0 radical (unpaired) electrons. The van der Waals surface area contributed by atoms with Gasteiger partial charge in [0.1, 0.15) is 0 Å². The van der Waals surface area contributed by atoms with Gasteiger partial charge in [0, 0.05) is 19.6 Å². The van der Waals surface area contributed by atoms with Gasteiger partial charge in [0.05, 0.1) is 11.4 Å². The predicted octanol–water partition coefficient (Wildman–Crippen LogP) is 3.45. The Balaban J connectivity index is 2.34. The fourth-order valence-corrected chi connectivity index (χ4v) is 2.29. The topological polar surface area (TPSA) is 15.3 Å². The summed E-state index contributed by atoms with van der Waals surface area (Å²) in [6.45, 7) is 7.82. The van der Waals surface area contributed by atoms with Gasteiger partial charge >= 0.3 is 0 Å². The highest BCUT2D eigenvalue weighted by Gasteiger charge is 2.20. The Morgan fingerprint density at radius 3 is 2.81 bits per heavy atom. The van der Waals surface area contributed by atoms with E-state index in [1.54, 1.807) is 0 Å². The predicted molar refractivity (Wildman–Crippen MR) is 71.5 cm³/mol. The summed E-state index contributed by atoms with van der Waals surface area (Å²) >= 11 is 0. The maximum absolute atomic E-state index is 3.63. The molecule has 1 aromatic rings. The maximum atomic E-state index is 3.63. The van der Waals surface area contributed by atoms with Gasteiger partial charge in [0.25, 0.3) is 0 Å². The van der Waals surface area contributed by atoms with Crippen molar-refractivity contribution in [2.24, 2.45) is 0 Å². The maximum Gasteiger partial charge on any atom is 0.0600 e. The van der Waals surface area contributed by atoms with E-state index < -0.39 is 0 Å². The fraction of sp³-hybridized carbons (Fsp3) is 0.571. The van der Waals surface area contributed by atoms with E-state index in [0.717, 1.165) is 6.54 Å². The Kier molecular flexibility index (Phi) is 3.08. The molecule has 0 spiro atoms. The molecular weight excluding hydrogens is 196 g/mol. The first-order valence-corrected chi connectivity index (χ1v) is 6.23. The summed E-state index contributed by atoms with van der Waals surface area (Å²) < 4.78 is 0. The molecule has 0 aliphatic carbocycles. The Labute approximate surface area is 98.7 Å². The lowest BCUT2D eigenvalue weighted by molar-refractivity contribution is 0.661. The minimum Gasteiger partial charge on any atom is -0.379 e. The van der Waals surface area contributed by atoms with Crippen LogP contribution in [-0.2, 0) is 0 Å². The van der Waals surface area contributed by atoms with E-state index in [2.05, 4.69) is 56.2 Å². The standard InChI is InChI=1S/C14H22N2/c1-5-12-9-16(4)14-7-6-11(10(2)3)8-13(14)15-12/h6-8,10,12,15H,5,9H2,1-4H3. The third kappa shape index (κ3) is 2.01. The van der Waals surface area contributed by atoms with Crippen molar-refractivity contribution in [1.82, 2.24) is 0 Å². The van der Waals surface area contributed by atoms with Gasteiger partial charge in [-0.15, -0.1) is 0 Å². The second-order valence-corrected chi connectivity index (χ2v) is 5.06. The lowest BCUT2D eigenvalue weighted by Gasteiger charge is -2.35. The second-order valence-electron chi connectivity index (χ2n) is 5.06. The van der Waals surface area contributed by atoms with Crippen molar-refractivity contribution in [3.05, 3.63) is 23.8 Å². The summed E-state index contributed by atoms with van der Waals surface area (Å²) in [6, 6.07) is 7.37. The van der Waals surface area contributed by atoms with E-state index in [9.17, 15) is 0 Å². The third-order valence-electron chi connectivity index (χ3n) is 3.45. The summed E-state index contributed by atoms with van der Waals surface area (Å²) in [6.07, 6.45) is 1.18. The average Bonchev–Trinajstić information content (AvgIpc) is 2.28. The van der Waals surface area contributed by atoms with Crippen LogP contribution in [0.4, 0.5) is 11.4 Å². The van der Waals surface area contributed by atoms with Gasteiger partial charge in [-0.05, 0) is 30.0 Å². The highest BCUT2D eigenvalue weighted by molar-refractivity contribution is 5.73. The molecule has 0 saturated carbocycles. The van der Waals surface area contributed by atoms with Crippen LogP contribution in [0.25, 0.3) is 0 Å². The lowest BCUT2D eigenvalue weighted by Crippen LogP contribution is -2.38. The van der Waals surface area contributed by atoms with Crippen LogP contribution in [-0.4, -0.2) is 19.6 Å². The van der Waals surface area contributed by atoms with Crippen LogP contribution in [0.15, 0.2) is 18.2 Å². The first kappa shape index (κ1) is 11.3. The van der Waals surface area contributed by atoms with Crippen molar-refractivity contribution in [3.63, 3.8) is 0 Å². The lowest BCUT2D eigenvalue weighted by atomic mass is 10.00. The zero-order valence-electron chi connectivity index (χ0n) is 10.7. The molecule has 1 atom stereocenters. The van der Waals surface area contributed by atoms with Gasteiger partial charge < -0.3 is 10.2 Å². The number of fused-ring (bicyclic) bond motifs is 1. The minimum atomic E-state index is 0.583. The molecular formula is C14H22N2. The molecule has 88 valence electrons. The Hall–Kier alpha value is -1.18. The number of anilines is 2. The Morgan fingerprint density at radius 2 is 2.19 bits per heavy atom. The minimum absolute atomic E-state index is 0.583. The quantitative estimate of drug-likeness (QED) is 0.818. The summed E-state index contributed by atoms with van der Waals surface area (Å²) in [5.74, 6) is 0.597. The van der Waals surface area contributed by atoms with Crippen LogP contribution in [0.5, 0.6) is 0 Å². The van der Waals surface area contributed by atoms with Crippen LogP contribution < -0.4 is 10.2 Å². The number of hydrogen-bond acceptors (Lipinski definition) is 2. The van der Waals surface area contributed by atoms with Crippen LogP contribution >= 0.6 is 0 Å². The van der Waals surface area contributed by atoms with Gasteiger partial charge in [0.15, 0.2) is 0 Å². The Bertz CT molecular complexity index is 371. The van der Waals surface area contributed by atoms with Gasteiger partial charge in [-0.1, -0.05) is 26.8 Å². The fourth-order valence-electron chi connectivity index (χ4n) is 2.29. The zero-order chi connectivity index (χ0) is 11.7. The molecule has 2 heteroatoms. The van der Waals surface area contributed by atoms with Crippen LogP contribution in [0.2, 0.25) is 0 Å². The van der Waals surface area contributed by atoms with Gasteiger partial charge in [-0.3, -0.25) is 0 Å². The van der Waals surface area contributed by atoms with Crippen LogP contribution in [0.1, 0.15) is 38.7 Å². The molecule has 1 N–H and O–H groups in total. The number of rotatable bonds is 2. The highest BCUT2D eigenvalue weighted by Crippen LogP contribution is 2.33. The van der Waals surface area contributed by atoms with E-state index in [4.69, 9.17) is 0 Å². The summed E-state index contributed by atoms with van der Waals surface area (Å²) in [5.41, 5.74) is 4.04. The molecule has 1 aromatic carbocycles. The van der Waals surface area contributed by atoms with E-state index in [-0.39, 0.29) is 0 Å². The van der Waals surface area contributed by atoms with Gasteiger partial charge in [0.2, 0.25) is 0 Å². The first-order valence-electron chi connectivity index (χ1n) is 6.23. The van der Waals surface area contributed by atoms with E-state index in [1.165, 1.54) is 23.4 Å². The van der Waals surface area contributed by atoms with Crippen LogP contribution in [0, 0.1) is 0 Å². The Morgan fingerprint density at radius 1 is 1.44 bits per heavy atom. The van der Waals surface area contributed by atoms with Gasteiger partial charge in [-0.25, -0.2) is 0 Å². The zero-order valence-corrected chi connectivity index (χ0v) is 10.7. The molecule has 0 aromatic heterocycles. The molecule has 2 rings (SSSR count). The molecule has 1 heterocycles. The normalized spacial score (nSPS) is 19.6. The van der Waals surface area contributed by atoms with Crippen molar-refractivity contribution in [1.29, 1.82) is 0 Å². The number of benzene rings is 1. The largest absolute Gasteiger partial charge is 0.379 e. The average molecular weight is 218 g/mol. The molecule has 1 aliphatic rings. The summed E-state index contributed by atoms with van der Waals surface area (Å²) in [7, 11) is 2.18. The SMILES string of the molecule is CCC1CN(C)c2ccc(C(C)C)cc2N1. The van der Waals surface area contributed by atoms with Crippen molar-refractivity contribution in [3.8, 4) is 0 Å². The highest BCUT2D eigenvalue weighted by atomic mass is 15.2. The molecule has 1 unspecified atom stereocenters. The van der Waals surface area contributed by atoms with E-state index >= 15 is 0 Å². The third-order valence-corrected chi connectivity index (χ3v) is 3.45. The van der Waals surface area contributed by atoms with Crippen molar-refractivity contribution in [2.45, 2.75) is 39.2 Å². The number of likely N-dealkylation sites (N-methyl/N-ethyl adjacent to an activating group) is 1. The molecule has 1 aliphatic heterocycles. The monoisotopic (exact) mass is 218 g/mol. The number of nitrogens with zero attached hydrogens (tertiary/aromatic N) is 1. The van der Waals surface area contributed by atoms with Crippen molar-refractivity contribution >= 4 is 11.4 Å². The van der Waals surface area contributed by atoms with E-state index in [1.807, 2.05) is 0 Å². The van der Waals surface area contributed by atoms with E-state index in [0.29, 0.717) is 12.0 Å². The van der Waals surface area contributed by atoms with Crippen molar-refractivity contribution in [2.75, 3.05) is 23.8 Å². The second kappa shape index (κ2) is 4.36. The molecule has 2 nitrogen and oxygen atoms in total. The molecule has 0 bridgehead atoms. The number of hydrogen-bond donors (Lipinski definition) is 1. The smallest absolute Gasteiger partial charge is 0.0600 e. The van der Waals surface area contributed by atoms with Crippen molar-refractivity contribution < 1.29 is 0 Å². The molecule has 16 heavy (non-hydrogen) atoms. The molecule has 0 fully saturated rings. The molecule has 0 saturated heterocycles. The summed E-state index contributed by atoms with van der Waals surface area (Å²) in [4.78, 5) is 2.35.